The number of fused-ring (bicyclic) bond motifs is 3. The Morgan fingerprint density at radius 2 is 2.14 bits per heavy atom. The number of rotatable bonds is 5. The van der Waals surface area contributed by atoms with Crippen LogP contribution in [0, 0.1) is 0 Å². The molecule has 7 nitrogen and oxygen atoms in total. The number of aromatic amines is 1. The molecule has 0 spiro atoms. The number of urea groups is 1. The highest BCUT2D eigenvalue weighted by Crippen LogP contribution is 2.40. The van der Waals surface area contributed by atoms with Gasteiger partial charge in [-0.2, -0.15) is 0 Å². The second kappa shape index (κ2) is 10.00. The summed E-state index contributed by atoms with van der Waals surface area (Å²) in [4.78, 5) is 28.3. The van der Waals surface area contributed by atoms with E-state index in [-0.39, 0.29) is 24.2 Å². The van der Waals surface area contributed by atoms with E-state index in [0.29, 0.717) is 0 Å². The fourth-order valence-corrected chi connectivity index (χ4v) is 6.90. The number of thiophene rings is 1. The third kappa shape index (κ3) is 4.69. The molecular formula is C28H35N5O2S. The van der Waals surface area contributed by atoms with Crippen molar-refractivity contribution in [2.75, 3.05) is 26.3 Å². The first-order valence-electron chi connectivity index (χ1n) is 13.2. The van der Waals surface area contributed by atoms with Gasteiger partial charge in [-0.3, -0.25) is 4.90 Å². The van der Waals surface area contributed by atoms with Crippen molar-refractivity contribution in [2.24, 2.45) is 0 Å². The molecule has 0 aliphatic carbocycles. The van der Waals surface area contributed by atoms with E-state index in [0.717, 1.165) is 63.3 Å². The van der Waals surface area contributed by atoms with Gasteiger partial charge in [-0.05, 0) is 63.3 Å². The number of carbonyl (C=O) groups is 1. The zero-order valence-corrected chi connectivity index (χ0v) is 21.9. The molecule has 0 radical (unpaired) electrons. The minimum absolute atomic E-state index is 0.0726. The number of pyridine rings is 1. The van der Waals surface area contributed by atoms with Gasteiger partial charge in [-0.1, -0.05) is 6.08 Å². The first-order chi connectivity index (χ1) is 17.5. The Kier molecular flexibility index (Phi) is 6.58. The van der Waals surface area contributed by atoms with Gasteiger partial charge in [-0.15, -0.1) is 11.3 Å². The Bertz CT molecular complexity index is 1270. The molecule has 0 saturated carbocycles. The molecule has 2 unspecified atom stereocenters. The molecule has 3 aromatic rings. The van der Waals surface area contributed by atoms with E-state index in [1.165, 1.54) is 32.7 Å². The SMILES string of the molecule is CC(C)NC(=O)N1C2C=C(c3c[nH]c4ncc(-c5ccc(CN6CCOCC6)s5)cc34)CC1CCC2. The van der Waals surface area contributed by atoms with Gasteiger partial charge in [0.2, 0.25) is 0 Å². The second-order valence-corrected chi connectivity index (χ2v) is 11.7. The van der Waals surface area contributed by atoms with Crippen molar-refractivity contribution in [3.05, 3.63) is 47.1 Å². The maximum absolute atomic E-state index is 12.9. The van der Waals surface area contributed by atoms with E-state index >= 15 is 0 Å². The summed E-state index contributed by atoms with van der Waals surface area (Å²) in [6.45, 7) is 8.68. The number of hydrogen-bond donors (Lipinski definition) is 2. The van der Waals surface area contributed by atoms with Crippen molar-refractivity contribution in [3.8, 4) is 10.4 Å². The normalized spacial score (nSPS) is 22.8. The Morgan fingerprint density at radius 1 is 1.28 bits per heavy atom. The van der Waals surface area contributed by atoms with Crippen LogP contribution in [0.1, 0.15) is 50.0 Å². The van der Waals surface area contributed by atoms with Crippen LogP contribution < -0.4 is 5.32 Å². The highest BCUT2D eigenvalue weighted by atomic mass is 32.1. The van der Waals surface area contributed by atoms with E-state index in [1.807, 2.05) is 31.4 Å². The number of piperidine rings is 1. The summed E-state index contributed by atoms with van der Waals surface area (Å²) in [5.74, 6) is 0. The van der Waals surface area contributed by atoms with E-state index in [4.69, 9.17) is 9.72 Å². The molecule has 8 heteroatoms. The Hall–Kier alpha value is -2.68. The summed E-state index contributed by atoms with van der Waals surface area (Å²) in [6.07, 6.45) is 10.6. The summed E-state index contributed by atoms with van der Waals surface area (Å²) >= 11 is 1.86. The number of hydrogen-bond acceptors (Lipinski definition) is 5. The van der Waals surface area contributed by atoms with E-state index in [1.54, 1.807) is 0 Å². The topological polar surface area (TPSA) is 73.5 Å². The average molecular weight is 506 g/mol. The fraction of sp³-hybridized carbons (Fsp3) is 0.500. The van der Waals surface area contributed by atoms with Crippen molar-refractivity contribution < 1.29 is 9.53 Å². The number of amides is 2. The van der Waals surface area contributed by atoms with Crippen molar-refractivity contribution in [3.63, 3.8) is 0 Å². The maximum atomic E-state index is 12.9. The standard InChI is InChI=1S/C28H35N5O2S/c1-18(2)31-28(34)33-21-4-3-5-22(33)13-19(12-21)25-16-30-27-24(25)14-20(15-29-27)26-7-6-23(36-26)17-32-8-10-35-11-9-32/h6-7,12,14-16,18,21-22H,3-5,8-11,13,17H2,1-2H3,(H,29,30)(H,31,34). The predicted molar refractivity (Wildman–Crippen MR) is 145 cm³/mol. The van der Waals surface area contributed by atoms with E-state index < -0.39 is 0 Å². The van der Waals surface area contributed by atoms with Crippen LogP contribution in [0.25, 0.3) is 27.0 Å². The maximum Gasteiger partial charge on any atom is 0.318 e. The third-order valence-electron chi connectivity index (χ3n) is 7.59. The van der Waals surface area contributed by atoms with Gasteiger partial charge in [0.25, 0.3) is 0 Å². The van der Waals surface area contributed by atoms with Crippen LogP contribution >= 0.6 is 11.3 Å². The van der Waals surface area contributed by atoms with Crippen LogP contribution in [0.3, 0.4) is 0 Å². The van der Waals surface area contributed by atoms with Gasteiger partial charge >= 0.3 is 6.03 Å². The van der Waals surface area contributed by atoms with Crippen LogP contribution in [-0.2, 0) is 11.3 Å². The molecule has 190 valence electrons. The molecule has 2 amide bonds. The van der Waals surface area contributed by atoms with Gasteiger partial charge in [0.15, 0.2) is 0 Å². The van der Waals surface area contributed by atoms with Crippen molar-refractivity contribution in [1.29, 1.82) is 0 Å². The molecule has 6 rings (SSSR count). The van der Waals surface area contributed by atoms with Crippen molar-refractivity contribution in [2.45, 2.75) is 64.2 Å². The molecular weight excluding hydrogens is 470 g/mol. The summed E-state index contributed by atoms with van der Waals surface area (Å²) in [5, 5.41) is 4.27. The number of ether oxygens (including phenoxy) is 1. The zero-order valence-electron chi connectivity index (χ0n) is 21.1. The van der Waals surface area contributed by atoms with Crippen molar-refractivity contribution in [1.82, 2.24) is 25.1 Å². The molecule has 36 heavy (non-hydrogen) atoms. The van der Waals surface area contributed by atoms with Gasteiger partial charge in [0, 0.05) is 70.4 Å². The number of H-pyrrole nitrogens is 1. The largest absolute Gasteiger partial charge is 0.379 e. The molecule has 2 saturated heterocycles. The summed E-state index contributed by atoms with van der Waals surface area (Å²) in [7, 11) is 0. The van der Waals surface area contributed by atoms with Gasteiger partial charge < -0.3 is 19.9 Å². The molecule has 3 aliphatic rings. The molecule has 2 bridgehead atoms. The lowest BCUT2D eigenvalue weighted by Crippen LogP contribution is -2.56. The van der Waals surface area contributed by atoms with Gasteiger partial charge in [0.05, 0.1) is 19.3 Å². The highest BCUT2D eigenvalue weighted by molar-refractivity contribution is 7.15. The Morgan fingerprint density at radius 3 is 2.94 bits per heavy atom. The highest BCUT2D eigenvalue weighted by Gasteiger charge is 2.37. The van der Waals surface area contributed by atoms with Crippen LogP contribution in [-0.4, -0.2) is 70.2 Å². The lowest BCUT2D eigenvalue weighted by molar-refractivity contribution is 0.0346. The number of morpholine rings is 1. The van der Waals surface area contributed by atoms with Crippen LogP contribution in [0.5, 0.6) is 0 Å². The number of nitrogens with zero attached hydrogens (tertiary/aromatic N) is 3. The molecule has 2 N–H and O–H groups in total. The summed E-state index contributed by atoms with van der Waals surface area (Å²) in [5.41, 5.74) is 4.65. The third-order valence-corrected chi connectivity index (χ3v) is 8.71. The van der Waals surface area contributed by atoms with Gasteiger partial charge in [0.1, 0.15) is 5.65 Å². The average Bonchev–Trinajstić information content (AvgIpc) is 3.50. The minimum atomic E-state index is 0.0726. The zero-order chi connectivity index (χ0) is 24.6. The Balaban J connectivity index is 1.26. The minimum Gasteiger partial charge on any atom is -0.379 e. The molecule has 0 aromatic carbocycles. The second-order valence-electron chi connectivity index (χ2n) is 10.5. The van der Waals surface area contributed by atoms with E-state index in [9.17, 15) is 4.79 Å². The first kappa shape index (κ1) is 23.7. The molecule has 2 atom stereocenters. The number of nitrogens with one attached hydrogen (secondary N) is 2. The molecule has 6 heterocycles. The van der Waals surface area contributed by atoms with Crippen LogP contribution in [0.4, 0.5) is 4.79 Å². The van der Waals surface area contributed by atoms with Gasteiger partial charge in [-0.25, -0.2) is 9.78 Å². The summed E-state index contributed by atoms with van der Waals surface area (Å²) in [6, 6.07) is 7.39. The molecule has 3 aliphatic heterocycles. The van der Waals surface area contributed by atoms with E-state index in [2.05, 4.69) is 50.6 Å². The molecule has 2 fully saturated rings. The quantitative estimate of drug-likeness (QED) is 0.497. The smallest absolute Gasteiger partial charge is 0.318 e. The fourth-order valence-electron chi connectivity index (χ4n) is 5.87. The first-order valence-corrected chi connectivity index (χ1v) is 14.0. The number of aromatic nitrogens is 2. The van der Waals surface area contributed by atoms with Crippen LogP contribution in [0.2, 0.25) is 0 Å². The van der Waals surface area contributed by atoms with Crippen molar-refractivity contribution >= 4 is 34.0 Å². The lowest BCUT2D eigenvalue weighted by Gasteiger charge is -2.45. The Labute approximate surface area is 216 Å². The predicted octanol–water partition coefficient (Wildman–Crippen LogP) is 5.25. The monoisotopic (exact) mass is 505 g/mol. The lowest BCUT2D eigenvalue weighted by atomic mass is 9.83. The van der Waals surface area contributed by atoms with Crippen LogP contribution in [0.15, 0.2) is 36.7 Å². The number of carbonyl (C=O) groups excluding carboxylic acids is 1. The molecule has 3 aromatic heterocycles. The summed E-state index contributed by atoms with van der Waals surface area (Å²) < 4.78 is 5.49.